The molecule has 1 aromatic carbocycles. The highest BCUT2D eigenvalue weighted by molar-refractivity contribution is 5.83. The lowest BCUT2D eigenvalue weighted by molar-refractivity contribution is -0.148. The van der Waals surface area contributed by atoms with Gasteiger partial charge in [0.05, 0.1) is 24.7 Å². The van der Waals surface area contributed by atoms with Crippen molar-refractivity contribution in [3.05, 3.63) is 35.9 Å². The van der Waals surface area contributed by atoms with Crippen molar-refractivity contribution in [3.63, 3.8) is 0 Å². The van der Waals surface area contributed by atoms with Crippen LogP contribution in [0.1, 0.15) is 19.4 Å². The lowest BCUT2D eigenvalue weighted by Crippen LogP contribution is -2.44. The number of aliphatic hydroxyl groups excluding tert-OH is 1. The molecule has 2 saturated heterocycles. The van der Waals surface area contributed by atoms with Crippen LogP contribution in [0.25, 0.3) is 0 Å². The Morgan fingerprint density at radius 2 is 2.06 bits per heavy atom. The van der Waals surface area contributed by atoms with Gasteiger partial charge in [0, 0.05) is 5.56 Å². The van der Waals surface area contributed by atoms with Crippen LogP contribution in [0.15, 0.2) is 30.3 Å². The number of amides is 1. The Bertz CT molecular complexity index is 475. The number of nitrogens with zero attached hydrogens (tertiary/aromatic N) is 1. The standard InChI is InChI=1S/C14H17NO3/c1-9-12(16)11-8-18-14(2,15(11)13(9)17)10-6-4-3-5-7-10/h3-7,9,11-12,16H,8H2,1-2H3/t9-,11+,12-,14+/m0/s1. The second kappa shape index (κ2) is 3.80. The van der Waals surface area contributed by atoms with Crippen molar-refractivity contribution in [2.75, 3.05) is 6.61 Å². The van der Waals surface area contributed by atoms with E-state index in [1.165, 1.54) is 0 Å². The molecule has 2 heterocycles. The Labute approximate surface area is 106 Å². The topological polar surface area (TPSA) is 49.8 Å². The van der Waals surface area contributed by atoms with Crippen molar-refractivity contribution in [1.82, 2.24) is 4.90 Å². The lowest BCUT2D eigenvalue weighted by atomic mass is 10.0. The highest BCUT2D eigenvalue weighted by atomic mass is 16.5. The van der Waals surface area contributed by atoms with E-state index >= 15 is 0 Å². The molecule has 0 unspecified atom stereocenters. The third-order valence-corrected chi connectivity index (χ3v) is 4.17. The Morgan fingerprint density at radius 3 is 2.72 bits per heavy atom. The van der Waals surface area contributed by atoms with Crippen LogP contribution in [0.2, 0.25) is 0 Å². The summed E-state index contributed by atoms with van der Waals surface area (Å²) >= 11 is 0. The van der Waals surface area contributed by atoms with E-state index in [4.69, 9.17) is 4.74 Å². The maximum Gasteiger partial charge on any atom is 0.231 e. The molecule has 0 aliphatic carbocycles. The number of ether oxygens (including phenoxy) is 1. The van der Waals surface area contributed by atoms with E-state index in [0.717, 1.165) is 5.56 Å². The molecule has 4 atom stereocenters. The fourth-order valence-electron chi connectivity index (χ4n) is 3.00. The van der Waals surface area contributed by atoms with Gasteiger partial charge in [-0.05, 0) is 6.92 Å². The predicted molar refractivity (Wildman–Crippen MR) is 65.6 cm³/mol. The average Bonchev–Trinajstić information content (AvgIpc) is 2.85. The Hall–Kier alpha value is -1.39. The first kappa shape index (κ1) is 11.7. The van der Waals surface area contributed by atoms with E-state index in [9.17, 15) is 9.90 Å². The summed E-state index contributed by atoms with van der Waals surface area (Å²) in [6.07, 6.45) is -0.636. The third-order valence-electron chi connectivity index (χ3n) is 4.17. The first-order chi connectivity index (χ1) is 8.55. The molecular formula is C14H17NO3. The maximum absolute atomic E-state index is 12.3. The molecule has 2 fully saturated rings. The van der Waals surface area contributed by atoms with Crippen LogP contribution in [-0.4, -0.2) is 34.7 Å². The first-order valence-electron chi connectivity index (χ1n) is 6.26. The SMILES string of the molecule is C[C@@H]1C(=O)N2[C@H](CO[C@]2(C)c2ccccc2)[C@H]1O. The molecule has 18 heavy (non-hydrogen) atoms. The minimum Gasteiger partial charge on any atom is -0.390 e. The van der Waals surface area contributed by atoms with E-state index in [1.807, 2.05) is 37.3 Å². The third kappa shape index (κ3) is 1.36. The number of aliphatic hydroxyl groups is 1. The maximum atomic E-state index is 12.3. The van der Waals surface area contributed by atoms with E-state index in [1.54, 1.807) is 11.8 Å². The minimum atomic E-state index is -0.755. The molecule has 2 aliphatic rings. The van der Waals surface area contributed by atoms with Crippen molar-refractivity contribution in [1.29, 1.82) is 0 Å². The second-order valence-corrected chi connectivity index (χ2v) is 5.21. The summed E-state index contributed by atoms with van der Waals surface area (Å²) < 4.78 is 5.83. The van der Waals surface area contributed by atoms with Crippen LogP contribution in [0.5, 0.6) is 0 Å². The van der Waals surface area contributed by atoms with Crippen LogP contribution in [0, 0.1) is 5.92 Å². The molecule has 2 aliphatic heterocycles. The molecule has 4 heteroatoms. The largest absolute Gasteiger partial charge is 0.390 e. The van der Waals surface area contributed by atoms with Crippen molar-refractivity contribution >= 4 is 5.91 Å². The Balaban J connectivity index is 2.03. The monoisotopic (exact) mass is 247 g/mol. The molecule has 0 aromatic heterocycles. The van der Waals surface area contributed by atoms with Gasteiger partial charge in [-0.15, -0.1) is 0 Å². The predicted octanol–water partition coefficient (Wildman–Crippen LogP) is 1.10. The highest BCUT2D eigenvalue weighted by Gasteiger charge is 2.57. The molecule has 4 nitrogen and oxygen atoms in total. The van der Waals surface area contributed by atoms with E-state index in [-0.39, 0.29) is 17.9 Å². The van der Waals surface area contributed by atoms with Crippen molar-refractivity contribution < 1.29 is 14.6 Å². The fraction of sp³-hybridized carbons (Fsp3) is 0.500. The number of fused-ring (bicyclic) bond motifs is 1. The van der Waals surface area contributed by atoms with Gasteiger partial charge in [-0.1, -0.05) is 37.3 Å². The van der Waals surface area contributed by atoms with Crippen LogP contribution in [0.3, 0.4) is 0 Å². The zero-order valence-electron chi connectivity index (χ0n) is 10.5. The molecule has 1 amide bonds. The number of benzene rings is 1. The summed E-state index contributed by atoms with van der Waals surface area (Å²) in [5, 5.41) is 10.1. The van der Waals surface area contributed by atoms with Crippen molar-refractivity contribution in [2.24, 2.45) is 5.92 Å². The van der Waals surface area contributed by atoms with Crippen LogP contribution < -0.4 is 0 Å². The van der Waals surface area contributed by atoms with Gasteiger partial charge in [0.1, 0.15) is 0 Å². The van der Waals surface area contributed by atoms with Gasteiger partial charge in [-0.2, -0.15) is 0 Å². The second-order valence-electron chi connectivity index (χ2n) is 5.21. The van der Waals surface area contributed by atoms with Gasteiger partial charge in [0.15, 0.2) is 5.72 Å². The van der Waals surface area contributed by atoms with Crippen molar-refractivity contribution in [3.8, 4) is 0 Å². The van der Waals surface area contributed by atoms with E-state index in [0.29, 0.717) is 6.61 Å². The number of rotatable bonds is 1. The molecule has 0 spiro atoms. The Kier molecular flexibility index (Phi) is 2.47. The minimum absolute atomic E-state index is 0.0312. The molecular weight excluding hydrogens is 230 g/mol. The normalized spacial score (nSPS) is 39.2. The summed E-state index contributed by atoms with van der Waals surface area (Å²) in [7, 11) is 0. The summed E-state index contributed by atoms with van der Waals surface area (Å²) in [6.45, 7) is 4.06. The molecule has 96 valence electrons. The summed E-state index contributed by atoms with van der Waals surface area (Å²) in [6, 6.07) is 9.46. The fourth-order valence-corrected chi connectivity index (χ4v) is 3.00. The molecule has 1 N–H and O–H groups in total. The quantitative estimate of drug-likeness (QED) is 0.808. The van der Waals surface area contributed by atoms with Gasteiger partial charge in [-0.3, -0.25) is 4.79 Å². The molecule has 0 bridgehead atoms. The van der Waals surface area contributed by atoms with Crippen molar-refractivity contribution in [2.45, 2.75) is 31.7 Å². The molecule has 1 aromatic rings. The summed E-state index contributed by atoms with van der Waals surface area (Å²) in [5.74, 6) is -0.377. The average molecular weight is 247 g/mol. The van der Waals surface area contributed by atoms with Gasteiger partial charge >= 0.3 is 0 Å². The molecule has 3 rings (SSSR count). The first-order valence-corrected chi connectivity index (χ1v) is 6.26. The van der Waals surface area contributed by atoms with E-state index < -0.39 is 11.8 Å². The smallest absolute Gasteiger partial charge is 0.231 e. The highest BCUT2D eigenvalue weighted by Crippen LogP contribution is 2.43. The van der Waals surface area contributed by atoms with Gasteiger partial charge in [0.25, 0.3) is 0 Å². The van der Waals surface area contributed by atoms with Gasteiger partial charge in [-0.25, -0.2) is 0 Å². The Morgan fingerprint density at radius 1 is 1.39 bits per heavy atom. The number of hydrogen-bond donors (Lipinski definition) is 1. The van der Waals surface area contributed by atoms with Crippen LogP contribution >= 0.6 is 0 Å². The molecule has 0 saturated carbocycles. The number of carbonyl (C=O) groups is 1. The lowest BCUT2D eigenvalue weighted by Gasteiger charge is -2.33. The van der Waals surface area contributed by atoms with E-state index in [2.05, 4.69) is 0 Å². The summed E-state index contributed by atoms with van der Waals surface area (Å²) in [5.41, 5.74) is 0.191. The van der Waals surface area contributed by atoms with Gasteiger partial charge in [0.2, 0.25) is 5.91 Å². The zero-order valence-corrected chi connectivity index (χ0v) is 10.5. The molecule has 0 radical (unpaired) electrons. The number of carbonyl (C=O) groups excluding carboxylic acids is 1. The van der Waals surface area contributed by atoms with Crippen LogP contribution in [0.4, 0.5) is 0 Å². The summed E-state index contributed by atoms with van der Waals surface area (Å²) in [4.78, 5) is 14.0. The van der Waals surface area contributed by atoms with Crippen LogP contribution in [-0.2, 0) is 15.3 Å². The van der Waals surface area contributed by atoms with Gasteiger partial charge < -0.3 is 14.7 Å². The zero-order chi connectivity index (χ0) is 12.9. The number of hydrogen-bond acceptors (Lipinski definition) is 3.